The maximum absolute atomic E-state index is 12.9. The fourth-order valence-corrected chi connectivity index (χ4v) is 1.31. The summed E-state index contributed by atoms with van der Waals surface area (Å²) in [6.45, 7) is 0. The van der Waals surface area contributed by atoms with Gasteiger partial charge in [0.05, 0.1) is 0 Å². The Balaban J connectivity index is 2.39. The number of ether oxygens (including phenoxy) is 1. The third-order valence-corrected chi connectivity index (χ3v) is 2.15. The molecule has 2 aromatic rings. The first-order valence-corrected chi connectivity index (χ1v) is 4.76. The molecule has 0 unspecified atom stereocenters. The van der Waals surface area contributed by atoms with Crippen LogP contribution in [0.15, 0.2) is 30.6 Å². The van der Waals surface area contributed by atoms with Crippen molar-refractivity contribution in [2.75, 3.05) is 0 Å². The van der Waals surface area contributed by atoms with Crippen molar-refractivity contribution < 1.29 is 19.0 Å². The van der Waals surface area contributed by atoms with Crippen LogP contribution in [0.1, 0.15) is 10.4 Å². The topological polar surface area (TPSA) is 64.4 Å². The molecule has 0 saturated heterocycles. The number of benzene rings is 1. The molecule has 0 bridgehead atoms. The predicted molar refractivity (Wildman–Crippen MR) is 56.6 cm³/mol. The molecule has 6 heteroatoms. The van der Waals surface area contributed by atoms with Crippen molar-refractivity contribution in [3.05, 3.63) is 42.0 Å². The molecule has 0 aliphatic rings. The van der Waals surface area contributed by atoms with Crippen LogP contribution in [-0.2, 0) is 7.05 Å². The van der Waals surface area contributed by atoms with Crippen molar-refractivity contribution in [2.45, 2.75) is 0 Å². The van der Waals surface area contributed by atoms with Crippen molar-refractivity contribution in [3.8, 4) is 11.8 Å². The zero-order valence-electron chi connectivity index (χ0n) is 8.92. The van der Waals surface area contributed by atoms with E-state index in [2.05, 4.69) is 4.98 Å². The molecule has 0 aliphatic carbocycles. The number of aromatic nitrogens is 2. The number of rotatable bonds is 3. The summed E-state index contributed by atoms with van der Waals surface area (Å²) in [6.07, 6.45) is 3.17. The first-order valence-electron chi connectivity index (χ1n) is 4.76. The fourth-order valence-electron chi connectivity index (χ4n) is 1.31. The fraction of sp³-hybridized carbons (Fsp3) is 0.0909. The van der Waals surface area contributed by atoms with Gasteiger partial charge in [-0.1, -0.05) is 0 Å². The van der Waals surface area contributed by atoms with E-state index in [0.29, 0.717) is 0 Å². The van der Waals surface area contributed by atoms with Crippen LogP contribution in [0.5, 0.6) is 11.8 Å². The van der Waals surface area contributed by atoms with E-state index in [1.807, 2.05) is 0 Å². The Hall–Kier alpha value is -2.37. The van der Waals surface area contributed by atoms with E-state index < -0.39 is 11.8 Å². The molecule has 0 atom stereocenters. The molecule has 0 amide bonds. The van der Waals surface area contributed by atoms with Gasteiger partial charge in [-0.15, -0.1) is 0 Å². The molecule has 0 radical (unpaired) electrons. The lowest BCUT2D eigenvalue weighted by atomic mass is 10.2. The molecule has 1 aromatic heterocycles. The lowest BCUT2D eigenvalue weighted by molar-refractivity contribution is 0.0693. The van der Waals surface area contributed by atoms with Gasteiger partial charge in [-0.05, 0) is 18.2 Å². The highest BCUT2D eigenvalue weighted by atomic mass is 19.1. The Labute approximate surface area is 96.1 Å². The molecule has 17 heavy (non-hydrogen) atoms. The van der Waals surface area contributed by atoms with E-state index in [4.69, 9.17) is 9.84 Å². The van der Waals surface area contributed by atoms with E-state index in [1.165, 1.54) is 12.3 Å². The van der Waals surface area contributed by atoms with Crippen molar-refractivity contribution in [2.24, 2.45) is 7.05 Å². The van der Waals surface area contributed by atoms with Crippen LogP contribution < -0.4 is 4.74 Å². The number of hydrogen-bond donors (Lipinski definition) is 1. The van der Waals surface area contributed by atoms with Gasteiger partial charge in [0, 0.05) is 19.4 Å². The molecule has 0 spiro atoms. The molecular weight excluding hydrogens is 227 g/mol. The number of halogens is 1. The van der Waals surface area contributed by atoms with Crippen LogP contribution in [0.25, 0.3) is 0 Å². The smallest absolute Gasteiger partial charge is 0.339 e. The van der Waals surface area contributed by atoms with E-state index in [-0.39, 0.29) is 17.3 Å². The second-order valence-electron chi connectivity index (χ2n) is 3.37. The second-order valence-corrected chi connectivity index (χ2v) is 3.37. The van der Waals surface area contributed by atoms with Gasteiger partial charge in [-0.2, -0.15) is 0 Å². The Morgan fingerprint density at radius 3 is 2.88 bits per heavy atom. The average molecular weight is 236 g/mol. The second kappa shape index (κ2) is 4.25. The lowest BCUT2D eigenvalue weighted by Crippen LogP contribution is -2.02. The summed E-state index contributed by atoms with van der Waals surface area (Å²) < 4.78 is 19.8. The van der Waals surface area contributed by atoms with Gasteiger partial charge in [0.2, 0.25) is 0 Å². The van der Waals surface area contributed by atoms with Gasteiger partial charge in [-0.3, -0.25) is 0 Å². The molecule has 5 nitrogen and oxygen atoms in total. The minimum Gasteiger partial charge on any atom is -0.478 e. The molecule has 1 aromatic carbocycles. The standard InChI is InChI=1S/C11H9FN2O3/c1-14-5-4-13-11(14)17-9-3-2-7(12)6-8(9)10(15)16/h2-6H,1H3,(H,15,16). The van der Waals surface area contributed by atoms with Gasteiger partial charge in [0.25, 0.3) is 0 Å². The van der Waals surface area contributed by atoms with Crippen molar-refractivity contribution in [3.63, 3.8) is 0 Å². The summed E-state index contributed by atoms with van der Waals surface area (Å²) >= 11 is 0. The predicted octanol–water partition coefficient (Wildman–Crippen LogP) is 2.05. The number of hydrogen-bond acceptors (Lipinski definition) is 3. The van der Waals surface area contributed by atoms with Crippen molar-refractivity contribution in [1.82, 2.24) is 9.55 Å². The van der Waals surface area contributed by atoms with Crippen LogP contribution in [0.2, 0.25) is 0 Å². The molecule has 1 heterocycles. The number of aromatic carboxylic acids is 1. The molecule has 2 rings (SSSR count). The monoisotopic (exact) mass is 236 g/mol. The lowest BCUT2D eigenvalue weighted by Gasteiger charge is -2.07. The first kappa shape index (κ1) is 11.1. The Kier molecular flexibility index (Phi) is 2.78. The van der Waals surface area contributed by atoms with Gasteiger partial charge in [0.1, 0.15) is 17.1 Å². The van der Waals surface area contributed by atoms with E-state index in [1.54, 1.807) is 17.8 Å². The summed E-state index contributed by atoms with van der Waals surface area (Å²) in [5, 5.41) is 8.91. The van der Waals surface area contributed by atoms with Crippen molar-refractivity contribution >= 4 is 5.97 Å². The maximum Gasteiger partial charge on any atom is 0.339 e. The van der Waals surface area contributed by atoms with Crippen LogP contribution in [0, 0.1) is 5.82 Å². The minimum atomic E-state index is -1.26. The number of carboxylic acid groups (broad SMARTS) is 1. The molecule has 1 N–H and O–H groups in total. The SMILES string of the molecule is Cn1ccnc1Oc1ccc(F)cc1C(=O)O. The summed E-state index contributed by atoms with van der Waals surface area (Å²) in [5.41, 5.74) is -0.243. The number of aryl methyl sites for hydroxylation is 1. The van der Waals surface area contributed by atoms with Crippen LogP contribution in [0.3, 0.4) is 0 Å². The highest BCUT2D eigenvalue weighted by molar-refractivity contribution is 5.90. The van der Waals surface area contributed by atoms with Gasteiger partial charge in [0.15, 0.2) is 0 Å². The molecule has 88 valence electrons. The summed E-state index contributed by atoms with van der Waals surface area (Å²) in [6, 6.07) is 3.53. The quantitative estimate of drug-likeness (QED) is 0.885. The van der Waals surface area contributed by atoms with Crippen LogP contribution in [-0.4, -0.2) is 20.6 Å². The number of imidazole rings is 1. The summed E-state index contributed by atoms with van der Waals surface area (Å²) in [5.74, 6) is -1.84. The van der Waals surface area contributed by atoms with Crippen LogP contribution in [0.4, 0.5) is 4.39 Å². The molecule has 0 aliphatic heterocycles. The Morgan fingerprint density at radius 2 is 2.29 bits per heavy atom. The molecular formula is C11H9FN2O3. The molecule has 0 saturated carbocycles. The summed E-state index contributed by atoms with van der Waals surface area (Å²) in [7, 11) is 1.70. The Bertz CT molecular complexity index is 566. The van der Waals surface area contributed by atoms with Gasteiger partial charge in [-0.25, -0.2) is 14.2 Å². The zero-order chi connectivity index (χ0) is 12.4. The third kappa shape index (κ3) is 2.25. The maximum atomic E-state index is 12.9. The third-order valence-electron chi connectivity index (χ3n) is 2.15. The van der Waals surface area contributed by atoms with E-state index >= 15 is 0 Å². The summed E-state index contributed by atoms with van der Waals surface area (Å²) in [4.78, 5) is 14.8. The molecule has 0 fully saturated rings. The number of carbonyl (C=O) groups is 1. The Morgan fingerprint density at radius 1 is 1.53 bits per heavy atom. The van der Waals surface area contributed by atoms with Crippen LogP contribution >= 0.6 is 0 Å². The largest absolute Gasteiger partial charge is 0.478 e. The normalized spacial score (nSPS) is 10.2. The number of nitrogens with zero attached hydrogens (tertiary/aromatic N) is 2. The number of carboxylic acids is 1. The van der Waals surface area contributed by atoms with E-state index in [9.17, 15) is 9.18 Å². The van der Waals surface area contributed by atoms with E-state index in [0.717, 1.165) is 12.1 Å². The average Bonchev–Trinajstić information content (AvgIpc) is 2.67. The van der Waals surface area contributed by atoms with Gasteiger partial charge >= 0.3 is 12.0 Å². The first-order chi connectivity index (χ1) is 8.08. The van der Waals surface area contributed by atoms with Crippen molar-refractivity contribution in [1.29, 1.82) is 0 Å². The highest BCUT2D eigenvalue weighted by Gasteiger charge is 2.14. The van der Waals surface area contributed by atoms with Gasteiger partial charge < -0.3 is 14.4 Å². The highest BCUT2D eigenvalue weighted by Crippen LogP contribution is 2.24. The zero-order valence-corrected chi connectivity index (χ0v) is 8.92. The minimum absolute atomic E-state index is 0.0493.